The van der Waals surface area contributed by atoms with Crippen molar-refractivity contribution < 1.29 is 22.8 Å². The Hall–Kier alpha value is -3.69. The van der Waals surface area contributed by atoms with Gasteiger partial charge in [-0.2, -0.15) is 0 Å². The molecule has 192 valence electrons. The molecular formula is C27H26ClN3O5S. The van der Waals surface area contributed by atoms with E-state index in [1.54, 1.807) is 36.4 Å². The number of sulfonamides is 1. The lowest BCUT2D eigenvalue weighted by Gasteiger charge is -2.31. The summed E-state index contributed by atoms with van der Waals surface area (Å²) in [5.74, 6) is -1.50. The Balaban J connectivity index is 1.61. The molecule has 1 aliphatic heterocycles. The van der Waals surface area contributed by atoms with Crippen LogP contribution < -0.4 is 5.32 Å². The van der Waals surface area contributed by atoms with E-state index in [1.165, 1.54) is 24.1 Å². The monoisotopic (exact) mass is 539 g/mol. The van der Waals surface area contributed by atoms with Gasteiger partial charge in [-0.15, -0.1) is 0 Å². The number of carbonyl (C=O) groups is 3. The molecule has 0 spiro atoms. The molecule has 10 heteroatoms. The van der Waals surface area contributed by atoms with Crippen LogP contribution in [-0.2, 0) is 32.6 Å². The Labute approximate surface area is 220 Å². The van der Waals surface area contributed by atoms with Crippen molar-refractivity contribution in [1.82, 2.24) is 14.5 Å². The molecule has 0 aliphatic carbocycles. The zero-order chi connectivity index (χ0) is 26.6. The van der Waals surface area contributed by atoms with Gasteiger partial charge in [0, 0.05) is 38.0 Å². The average Bonchev–Trinajstić information content (AvgIpc) is 3.09. The second-order valence-electron chi connectivity index (χ2n) is 8.60. The fraction of sp³-hybridized carbons (Fsp3) is 0.222. The lowest BCUT2D eigenvalue weighted by Crippen LogP contribution is -2.50. The minimum Gasteiger partial charge on any atom is -0.357 e. The number of hydrogen-bond donors (Lipinski definition) is 1. The molecule has 0 unspecified atom stereocenters. The highest BCUT2D eigenvalue weighted by Crippen LogP contribution is 2.30. The first-order valence-electron chi connectivity index (χ1n) is 11.7. The van der Waals surface area contributed by atoms with Crippen LogP contribution in [0.15, 0.2) is 83.8 Å². The SMILES string of the molecule is CNC(=O)[C@H](Cc1ccccc1)N(Cc1cccc(Cl)c1)C(=O)CCN1C(=O)c2ccccc2S1(=O)=O. The molecule has 3 aromatic rings. The molecule has 1 atom stereocenters. The van der Waals surface area contributed by atoms with Crippen molar-refractivity contribution >= 4 is 39.3 Å². The standard InChI is InChI=1S/C27H26ClN3O5S/c1-29-26(33)23(17-19-8-3-2-4-9-19)30(18-20-10-7-11-21(28)16-20)25(32)14-15-31-27(34)22-12-5-6-13-24(22)37(31,35)36/h2-13,16,23H,14-15,17-18H2,1H3,(H,29,33)/t23-/m0/s1. The lowest BCUT2D eigenvalue weighted by molar-refractivity contribution is -0.141. The Kier molecular flexibility index (Phi) is 7.94. The maximum atomic E-state index is 13.6. The average molecular weight is 540 g/mol. The van der Waals surface area contributed by atoms with Gasteiger partial charge >= 0.3 is 0 Å². The number of nitrogens with zero attached hydrogens (tertiary/aromatic N) is 2. The van der Waals surface area contributed by atoms with Crippen LogP contribution in [0.25, 0.3) is 0 Å². The maximum Gasteiger partial charge on any atom is 0.269 e. The zero-order valence-corrected chi connectivity index (χ0v) is 21.7. The molecule has 0 saturated heterocycles. The number of nitrogens with one attached hydrogen (secondary N) is 1. The van der Waals surface area contributed by atoms with Crippen molar-refractivity contribution in [3.05, 3.63) is 101 Å². The second-order valence-corrected chi connectivity index (χ2v) is 10.9. The van der Waals surface area contributed by atoms with Crippen LogP contribution in [-0.4, -0.2) is 55.0 Å². The predicted octanol–water partition coefficient (Wildman–Crippen LogP) is 3.26. The van der Waals surface area contributed by atoms with Crippen molar-refractivity contribution in [2.45, 2.75) is 30.3 Å². The van der Waals surface area contributed by atoms with Crippen LogP contribution in [0.2, 0.25) is 5.02 Å². The van der Waals surface area contributed by atoms with Crippen molar-refractivity contribution in [3.8, 4) is 0 Å². The Morgan fingerprint density at radius 3 is 2.32 bits per heavy atom. The molecular weight excluding hydrogens is 514 g/mol. The number of hydrogen-bond acceptors (Lipinski definition) is 5. The molecule has 0 fully saturated rings. The van der Waals surface area contributed by atoms with E-state index in [0.717, 1.165) is 9.87 Å². The molecule has 1 aliphatic rings. The maximum absolute atomic E-state index is 13.6. The summed E-state index contributed by atoms with van der Waals surface area (Å²) in [4.78, 5) is 40.7. The number of carbonyl (C=O) groups excluding carboxylic acids is 3. The summed E-state index contributed by atoms with van der Waals surface area (Å²) in [5, 5.41) is 3.11. The highest BCUT2D eigenvalue weighted by molar-refractivity contribution is 7.90. The summed E-state index contributed by atoms with van der Waals surface area (Å²) >= 11 is 6.15. The van der Waals surface area contributed by atoms with Gasteiger partial charge in [-0.05, 0) is 35.4 Å². The summed E-state index contributed by atoms with van der Waals surface area (Å²) in [6.07, 6.45) is -0.0407. The molecule has 4 rings (SSSR count). The number of amides is 3. The molecule has 3 aromatic carbocycles. The molecule has 0 aromatic heterocycles. The molecule has 8 nitrogen and oxygen atoms in total. The molecule has 0 bridgehead atoms. The topological polar surface area (TPSA) is 104 Å². The molecule has 37 heavy (non-hydrogen) atoms. The first-order chi connectivity index (χ1) is 17.7. The van der Waals surface area contributed by atoms with Gasteiger partial charge in [0.15, 0.2) is 0 Å². The third-order valence-corrected chi connectivity index (χ3v) is 8.28. The Morgan fingerprint density at radius 1 is 0.973 bits per heavy atom. The molecule has 1 heterocycles. The normalized spacial score (nSPS) is 14.6. The van der Waals surface area contributed by atoms with Crippen LogP contribution in [0, 0.1) is 0 Å². The van der Waals surface area contributed by atoms with Gasteiger partial charge in [-0.1, -0.05) is 66.2 Å². The van der Waals surface area contributed by atoms with Crippen LogP contribution in [0.5, 0.6) is 0 Å². The van der Waals surface area contributed by atoms with Gasteiger partial charge in [-0.25, -0.2) is 12.7 Å². The van der Waals surface area contributed by atoms with Gasteiger partial charge in [-0.3, -0.25) is 14.4 Å². The van der Waals surface area contributed by atoms with E-state index < -0.39 is 27.9 Å². The van der Waals surface area contributed by atoms with E-state index in [2.05, 4.69) is 5.32 Å². The smallest absolute Gasteiger partial charge is 0.269 e. The lowest BCUT2D eigenvalue weighted by atomic mass is 10.0. The first kappa shape index (κ1) is 26.4. The third kappa shape index (κ3) is 5.68. The highest BCUT2D eigenvalue weighted by Gasteiger charge is 2.41. The van der Waals surface area contributed by atoms with Crippen LogP contribution in [0.1, 0.15) is 27.9 Å². The van der Waals surface area contributed by atoms with E-state index in [1.807, 2.05) is 30.3 Å². The van der Waals surface area contributed by atoms with Gasteiger partial charge < -0.3 is 10.2 Å². The molecule has 0 radical (unpaired) electrons. The first-order valence-corrected chi connectivity index (χ1v) is 13.5. The zero-order valence-electron chi connectivity index (χ0n) is 20.1. The van der Waals surface area contributed by atoms with Crippen LogP contribution in [0.3, 0.4) is 0 Å². The fourth-order valence-corrected chi connectivity index (χ4v) is 6.13. The number of likely N-dealkylation sites (N-methyl/N-ethyl adjacent to an activating group) is 1. The van der Waals surface area contributed by atoms with Crippen molar-refractivity contribution in [3.63, 3.8) is 0 Å². The van der Waals surface area contributed by atoms with Crippen LogP contribution in [0.4, 0.5) is 0 Å². The van der Waals surface area contributed by atoms with Gasteiger partial charge in [0.05, 0.1) is 5.56 Å². The fourth-order valence-electron chi connectivity index (χ4n) is 4.35. The van der Waals surface area contributed by atoms with Gasteiger partial charge in [0.25, 0.3) is 15.9 Å². The summed E-state index contributed by atoms with van der Waals surface area (Å²) in [7, 11) is -2.56. The number of fused-ring (bicyclic) bond motifs is 1. The highest BCUT2D eigenvalue weighted by atomic mass is 35.5. The van der Waals surface area contributed by atoms with E-state index in [0.29, 0.717) is 10.6 Å². The van der Waals surface area contributed by atoms with E-state index in [-0.39, 0.29) is 42.3 Å². The Morgan fingerprint density at radius 2 is 1.65 bits per heavy atom. The van der Waals surface area contributed by atoms with E-state index >= 15 is 0 Å². The van der Waals surface area contributed by atoms with Crippen molar-refractivity contribution in [2.24, 2.45) is 0 Å². The van der Waals surface area contributed by atoms with Gasteiger partial charge in [0.2, 0.25) is 11.8 Å². The number of halogens is 1. The van der Waals surface area contributed by atoms with Crippen molar-refractivity contribution in [2.75, 3.05) is 13.6 Å². The Bertz CT molecular complexity index is 1430. The summed E-state index contributed by atoms with van der Waals surface area (Å²) < 4.78 is 26.6. The van der Waals surface area contributed by atoms with E-state index in [9.17, 15) is 22.8 Å². The van der Waals surface area contributed by atoms with Crippen molar-refractivity contribution in [1.29, 1.82) is 0 Å². The minimum absolute atomic E-state index is 0.0736. The van der Waals surface area contributed by atoms with Gasteiger partial charge in [0.1, 0.15) is 10.9 Å². The summed E-state index contributed by atoms with van der Waals surface area (Å²) in [6, 6.07) is 21.3. The third-order valence-electron chi connectivity index (χ3n) is 6.20. The summed E-state index contributed by atoms with van der Waals surface area (Å²) in [5.41, 5.74) is 1.64. The summed E-state index contributed by atoms with van der Waals surface area (Å²) in [6.45, 7) is -0.266. The van der Waals surface area contributed by atoms with E-state index in [4.69, 9.17) is 11.6 Å². The minimum atomic E-state index is -4.05. The number of rotatable bonds is 9. The molecule has 0 saturated carbocycles. The van der Waals surface area contributed by atoms with Crippen LogP contribution >= 0.6 is 11.6 Å². The second kappa shape index (κ2) is 11.1. The molecule has 1 N–H and O–H groups in total. The predicted molar refractivity (Wildman–Crippen MR) is 139 cm³/mol. The quantitative estimate of drug-likeness (QED) is 0.449. The largest absolute Gasteiger partial charge is 0.357 e. The number of benzene rings is 3. The molecule has 3 amide bonds.